The second-order valence-corrected chi connectivity index (χ2v) is 19.1. The highest BCUT2D eigenvalue weighted by atomic mass is 33.1. The standard InChI is InChI=1S/C44H50N12O12S2/c1-21(2)35-43(65)67-17-29(53-39(61)27-13-45-23-9-5-7-11-25(23)49-27)37(59)47-16-34(58)52-32-20-70-69-19-31(41(63)55-35)51-33(57)15-48-38(60)30(18-68-44(66)36(22(3)4)56-42(32)64)54-40(62)28-14-46-24-10-6-8-12-26(24)50-28/h5-14,21-22,29-32,35-36H,15-20H2,1-4H3,(H,47,59)(H,48,60)(H,51,57)(H,52,58)(H,53,61)(H,54,62)(H,55,63)(H,56,64)/t29-,30-,31+,32+,35+,36+/m1/s1. The molecule has 24 nitrogen and oxygen atoms in total. The van der Waals surface area contributed by atoms with Crippen molar-refractivity contribution in [3.05, 3.63) is 72.3 Å². The summed E-state index contributed by atoms with van der Waals surface area (Å²) in [7, 11) is 2.00. The van der Waals surface area contributed by atoms with Crippen molar-refractivity contribution in [1.82, 2.24) is 62.5 Å². The maximum Gasteiger partial charge on any atom is 0.328 e. The van der Waals surface area contributed by atoms with E-state index < -0.39 is 134 Å². The fraction of sp³-hybridized carbons (Fsp3) is 0.409. The molecule has 6 rings (SSSR count). The first kappa shape index (κ1) is 51.9. The van der Waals surface area contributed by atoms with E-state index in [0.717, 1.165) is 21.6 Å². The van der Waals surface area contributed by atoms with E-state index in [2.05, 4.69) is 62.5 Å². The number of esters is 2. The molecule has 8 amide bonds. The Bertz CT molecular complexity index is 2500. The first-order valence-corrected chi connectivity index (χ1v) is 24.3. The number of nitrogens with zero attached hydrogens (tertiary/aromatic N) is 4. The second kappa shape index (κ2) is 24.2. The number of hydrogen-bond donors (Lipinski definition) is 8. The third-order valence-corrected chi connectivity index (χ3v) is 13.0. The molecular formula is C44H50N12O12S2. The molecule has 6 atom stereocenters. The molecule has 0 radical (unpaired) electrons. The summed E-state index contributed by atoms with van der Waals surface area (Å²) in [5.74, 6) is -10.9. The van der Waals surface area contributed by atoms with Crippen molar-refractivity contribution in [2.24, 2.45) is 11.8 Å². The Hall–Kier alpha value is -7.48. The van der Waals surface area contributed by atoms with Gasteiger partial charge < -0.3 is 52.0 Å². The molecular weight excluding hydrogens is 953 g/mol. The van der Waals surface area contributed by atoms with Crippen LogP contribution in [0.25, 0.3) is 22.1 Å². The van der Waals surface area contributed by atoms with Crippen molar-refractivity contribution in [1.29, 1.82) is 0 Å². The van der Waals surface area contributed by atoms with Gasteiger partial charge in [-0.05, 0) is 36.1 Å². The normalized spacial score (nSPS) is 23.1. The van der Waals surface area contributed by atoms with E-state index in [-0.39, 0.29) is 22.9 Å². The molecule has 2 aliphatic heterocycles. The Balaban J connectivity index is 1.27. The van der Waals surface area contributed by atoms with E-state index in [4.69, 9.17) is 9.47 Å². The number of rotatable bonds is 6. The van der Waals surface area contributed by atoms with Crippen LogP contribution < -0.4 is 42.5 Å². The fourth-order valence-electron chi connectivity index (χ4n) is 6.65. The molecule has 2 aromatic heterocycles. The van der Waals surface area contributed by atoms with Crippen molar-refractivity contribution < 1.29 is 57.4 Å². The van der Waals surface area contributed by atoms with Gasteiger partial charge in [0.25, 0.3) is 11.8 Å². The second-order valence-electron chi connectivity index (χ2n) is 16.5. The number of nitrogens with one attached hydrogen (secondary N) is 8. The summed E-state index contributed by atoms with van der Waals surface area (Å²) < 4.78 is 11.0. The van der Waals surface area contributed by atoms with E-state index >= 15 is 0 Å². The number of hydrogen-bond acceptors (Lipinski definition) is 18. The predicted molar refractivity (Wildman–Crippen MR) is 252 cm³/mol. The van der Waals surface area contributed by atoms with Gasteiger partial charge in [-0.25, -0.2) is 19.6 Å². The highest BCUT2D eigenvalue weighted by Crippen LogP contribution is 2.24. The summed E-state index contributed by atoms with van der Waals surface area (Å²) in [6.45, 7) is 3.31. The fourth-order valence-corrected chi connectivity index (χ4v) is 8.97. The van der Waals surface area contributed by atoms with Gasteiger partial charge >= 0.3 is 11.9 Å². The van der Waals surface area contributed by atoms with Crippen LogP contribution in [0.15, 0.2) is 60.9 Å². The molecule has 26 heteroatoms. The summed E-state index contributed by atoms with van der Waals surface area (Å²) >= 11 is 0. The van der Waals surface area contributed by atoms with Crippen LogP contribution in [0.1, 0.15) is 48.7 Å². The number of carbonyl (C=O) groups excluding carboxylic acids is 10. The molecule has 4 heterocycles. The number of para-hydroxylation sites is 4. The lowest BCUT2D eigenvalue weighted by atomic mass is 10.0. The van der Waals surface area contributed by atoms with Crippen LogP contribution in [0.5, 0.6) is 0 Å². The van der Waals surface area contributed by atoms with Gasteiger partial charge in [-0.1, -0.05) is 73.5 Å². The molecule has 370 valence electrons. The number of ether oxygens (including phenoxy) is 2. The summed E-state index contributed by atoms with van der Waals surface area (Å²) in [4.78, 5) is 153. The third-order valence-electron chi connectivity index (χ3n) is 10.5. The number of aromatic nitrogens is 4. The Kier molecular flexibility index (Phi) is 17.9. The molecule has 8 N–H and O–H groups in total. The lowest BCUT2D eigenvalue weighted by Gasteiger charge is -2.27. The van der Waals surface area contributed by atoms with E-state index in [9.17, 15) is 47.9 Å². The quantitative estimate of drug-likeness (QED) is 0.0801. The van der Waals surface area contributed by atoms with Gasteiger partial charge in [0.15, 0.2) is 0 Å². The molecule has 70 heavy (non-hydrogen) atoms. The molecule has 2 aromatic carbocycles. The molecule has 2 fully saturated rings. The summed E-state index contributed by atoms with van der Waals surface area (Å²) in [6.07, 6.45) is 2.36. The highest BCUT2D eigenvalue weighted by Gasteiger charge is 2.35. The maximum atomic E-state index is 14.0. The average molecular weight is 1000 g/mol. The average Bonchev–Trinajstić information content (AvgIpc) is 3.34. The van der Waals surface area contributed by atoms with E-state index in [0.29, 0.717) is 22.1 Å². The Morgan fingerprint density at radius 2 is 0.929 bits per heavy atom. The van der Waals surface area contributed by atoms with Crippen molar-refractivity contribution in [3.63, 3.8) is 0 Å². The number of cyclic esters (lactones) is 2. The molecule has 0 saturated carbocycles. The summed E-state index contributed by atoms with van der Waals surface area (Å²) in [6, 6.07) is 4.64. The van der Waals surface area contributed by atoms with Gasteiger partial charge in [-0.3, -0.25) is 48.3 Å². The van der Waals surface area contributed by atoms with Gasteiger partial charge in [0.2, 0.25) is 35.4 Å². The van der Waals surface area contributed by atoms with Gasteiger partial charge in [0.1, 0.15) is 60.9 Å². The maximum absolute atomic E-state index is 14.0. The molecule has 2 bridgehead atoms. The van der Waals surface area contributed by atoms with Gasteiger partial charge in [-0.2, -0.15) is 0 Å². The van der Waals surface area contributed by atoms with Crippen LogP contribution in [0.2, 0.25) is 0 Å². The molecule has 4 aromatic rings. The van der Waals surface area contributed by atoms with Gasteiger partial charge in [-0.15, -0.1) is 0 Å². The van der Waals surface area contributed by atoms with Crippen LogP contribution in [0.4, 0.5) is 0 Å². The zero-order valence-electron chi connectivity index (χ0n) is 38.1. The minimum absolute atomic E-state index is 0.187. The monoisotopic (exact) mass is 1000 g/mol. The minimum Gasteiger partial charge on any atom is -0.461 e. The van der Waals surface area contributed by atoms with Crippen LogP contribution in [0.3, 0.4) is 0 Å². The Morgan fingerprint density at radius 1 is 0.557 bits per heavy atom. The third kappa shape index (κ3) is 14.1. The molecule has 0 unspecified atom stereocenters. The van der Waals surface area contributed by atoms with Crippen LogP contribution in [-0.2, 0) is 47.8 Å². The van der Waals surface area contributed by atoms with Crippen molar-refractivity contribution in [3.8, 4) is 0 Å². The van der Waals surface area contributed by atoms with Crippen molar-refractivity contribution >= 4 is 103 Å². The largest absolute Gasteiger partial charge is 0.461 e. The number of benzene rings is 2. The minimum atomic E-state index is -1.63. The van der Waals surface area contributed by atoms with E-state index in [1.165, 1.54) is 12.4 Å². The molecule has 2 aliphatic rings. The highest BCUT2D eigenvalue weighted by molar-refractivity contribution is 8.76. The van der Waals surface area contributed by atoms with Crippen molar-refractivity contribution in [2.45, 2.75) is 63.9 Å². The summed E-state index contributed by atoms with van der Waals surface area (Å²) in [5, 5.41) is 19.8. The summed E-state index contributed by atoms with van der Waals surface area (Å²) in [5.41, 5.74) is 1.36. The van der Waals surface area contributed by atoms with E-state index in [1.807, 2.05) is 0 Å². The van der Waals surface area contributed by atoms with Crippen LogP contribution in [0, 0.1) is 11.8 Å². The van der Waals surface area contributed by atoms with Gasteiger partial charge in [0.05, 0.1) is 47.6 Å². The Morgan fingerprint density at radius 3 is 1.30 bits per heavy atom. The zero-order valence-corrected chi connectivity index (χ0v) is 39.8. The van der Waals surface area contributed by atoms with Crippen molar-refractivity contribution in [2.75, 3.05) is 37.8 Å². The van der Waals surface area contributed by atoms with Crippen LogP contribution in [-0.4, -0.2) is 153 Å². The number of fused-ring (bicyclic) bond motifs is 7. The Labute approximate surface area is 407 Å². The lowest BCUT2D eigenvalue weighted by Crippen LogP contribution is -2.58. The molecule has 0 aliphatic carbocycles. The smallest absolute Gasteiger partial charge is 0.328 e. The zero-order chi connectivity index (χ0) is 50.5. The predicted octanol–water partition coefficient (Wildman–Crippen LogP) is -1.55. The number of carbonyl (C=O) groups is 10. The molecule has 2 saturated heterocycles. The first-order valence-electron chi connectivity index (χ1n) is 21.8. The molecule has 0 spiro atoms. The lowest BCUT2D eigenvalue weighted by molar-refractivity contribution is -0.151. The SMILES string of the molecule is CC(C)[C@@H]1NC(=O)[C@@H]2CSSC[C@H](NC(=O)CNC(=O)[C@H](NC(=O)c3cnc4ccccc4n3)COC1=O)C(=O)N[C@@H](C(C)C)C(=O)OC[C@@H](NC(=O)c1cnc3ccccc3n1)C(=O)NCC(=O)N2. The number of amides is 8. The van der Waals surface area contributed by atoms with E-state index in [1.54, 1.807) is 76.2 Å². The van der Waals surface area contributed by atoms with Gasteiger partial charge in [0, 0.05) is 11.5 Å². The first-order chi connectivity index (χ1) is 33.5. The topological polar surface area (TPSA) is 337 Å². The van der Waals surface area contributed by atoms with Crippen LogP contribution >= 0.6 is 21.6 Å².